The van der Waals surface area contributed by atoms with Crippen LogP contribution >= 0.6 is 11.3 Å². The molecule has 0 aliphatic carbocycles. The number of carbonyl (C=O) groups is 1. The van der Waals surface area contributed by atoms with Gasteiger partial charge in [-0.25, -0.2) is 12.8 Å². The van der Waals surface area contributed by atoms with Crippen LogP contribution in [0.1, 0.15) is 12.8 Å². The van der Waals surface area contributed by atoms with Crippen LogP contribution in [0.25, 0.3) is 10.2 Å². The van der Waals surface area contributed by atoms with Crippen LogP contribution in [0.5, 0.6) is 5.75 Å². The van der Waals surface area contributed by atoms with Gasteiger partial charge in [0.1, 0.15) is 17.6 Å². The van der Waals surface area contributed by atoms with Crippen molar-refractivity contribution in [3.63, 3.8) is 0 Å². The summed E-state index contributed by atoms with van der Waals surface area (Å²) in [6, 6.07) is 9.54. The van der Waals surface area contributed by atoms with Gasteiger partial charge in [0, 0.05) is 13.1 Å². The van der Waals surface area contributed by atoms with Crippen LogP contribution in [0.2, 0.25) is 0 Å². The molecule has 2 aromatic carbocycles. The summed E-state index contributed by atoms with van der Waals surface area (Å²) in [4.78, 5) is 17.8. The first kappa shape index (κ1) is 22.4. The first-order valence-corrected chi connectivity index (χ1v) is 12.2. The lowest BCUT2D eigenvalue weighted by molar-refractivity contribution is -0.121. The summed E-state index contributed by atoms with van der Waals surface area (Å²) < 4.78 is 48.7. The minimum absolute atomic E-state index is 0.0945. The lowest BCUT2D eigenvalue weighted by atomic mass is 10.2. The number of hydrogen-bond donors (Lipinski definition) is 0. The number of methoxy groups -OCH3 is 1. The number of halogens is 1. The van der Waals surface area contributed by atoms with Crippen molar-refractivity contribution in [2.75, 3.05) is 13.7 Å². The third-order valence-electron chi connectivity index (χ3n) is 5.32. The Hall–Kier alpha value is -2.82. The standard InChI is InChI=1S/C22H22FN3O4S2/c1-3-12-25-18-11-6-15(23)14-20(18)31-22(25)24-21(27)19-5-4-13-26(19)32(28,29)17-9-7-16(30-2)8-10-17/h3,6-11,14,19H,1,4-5,12-13H2,2H3. The number of hydrogen-bond acceptors (Lipinski definition) is 5. The number of amides is 1. The molecule has 3 aromatic rings. The van der Waals surface area contributed by atoms with Gasteiger partial charge >= 0.3 is 0 Å². The van der Waals surface area contributed by atoms with Crippen molar-refractivity contribution >= 4 is 37.5 Å². The first-order chi connectivity index (χ1) is 15.3. The molecule has 0 bridgehead atoms. The van der Waals surface area contributed by atoms with Gasteiger partial charge in [0.2, 0.25) is 10.0 Å². The van der Waals surface area contributed by atoms with E-state index in [1.54, 1.807) is 28.8 Å². The van der Waals surface area contributed by atoms with E-state index in [9.17, 15) is 17.6 Å². The van der Waals surface area contributed by atoms with Crippen molar-refractivity contribution in [1.29, 1.82) is 0 Å². The lowest BCUT2D eigenvalue weighted by Gasteiger charge is -2.21. The quantitative estimate of drug-likeness (QED) is 0.512. The van der Waals surface area contributed by atoms with Gasteiger partial charge in [-0.05, 0) is 55.3 Å². The van der Waals surface area contributed by atoms with Gasteiger partial charge in [-0.1, -0.05) is 17.4 Å². The monoisotopic (exact) mass is 475 g/mol. The lowest BCUT2D eigenvalue weighted by Crippen LogP contribution is -2.40. The number of ether oxygens (including phenoxy) is 1. The second-order valence-corrected chi connectivity index (χ2v) is 10.2. The van der Waals surface area contributed by atoms with E-state index in [1.165, 1.54) is 47.0 Å². The molecule has 0 spiro atoms. The molecule has 1 saturated heterocycles. The van der Waals surface area contributed by atoms with E-state index >= 15 is 0 Å². The van der Waals surface area contributed by atoms with Crippen molar-refractivity contribution in [3.8, 4) is 5.75 Å². The minimum Gasteiger partial charge on any atom is -0.497 e. The molecule has 32 heavy (non-hydrogen) atoms. The molecule has 0 saturated carbocycles. The molecule has 0 N–H and O–H groups in total. The molecule has 168 valence electrons. The summed E-state index contributed by atoms with van der Waals surface area (Å²) in [5.74, 6) is -0.375. The molecule has 1 fully saturated rings. The fraction of sp³-hybridized carbons (Fsp3) is 0.273. The van der Waals surface area contributed by atoms with Gasteiger partial charge in [0.05, 0.1) is 22.2 Å². The highest BCUT2D eigenvalue weighted by Gasteiger charge is 2.39. The topological polar surface area (TPSA) is 81.0 Å². The third-order valence-corrected chi connectivity index (χ3v) is 8.28. The van der Waals surface area contributed by atoms with E-state index in [1.807, 2.05) is 0 Å². The Balaban J connectivity index is 1.70. The van der Waals surface area contributed by atoms with E-state index in [2.05, 4.69) is 11.6 Å². The van der Waals surface area contributed by atoms with Crippen LogP contribution in [0.4, 0.5) is 4.39 Å². The predicted octanol–water partition coefficient (Wildman–Crippen LogP) is 3.32. The number of fused-ring (bicyclic) bond motifs is 1. The van der Waals surface area contributed by atoms with Crippen molar-refractivity contribution in [2.45, 2.75) is 30.3 Å². The third kappa shape index (κ3) is 4.13. The Labute approximate surface area is 189 Å². The summed E-state index contributed by atoms with van der Waals surface area (Å²) in [7, 11) is -2.37. The highest BCUT2D eigenvalue weighted by atomic mass is 32.2. The van der Waals surface area contributed by atoms with Crippen LogP contribution in [-0.4, -0.2) is 42.9 Å². The van der Waals surface area contributed by atoms with Gasteiger partial charge in [-0.15, -0.1) is 6.58 Å². The molecule has 2 heterocycles. The van der Waals surface area contributed by atoms with Crippen LogP contribution in [0.15, 0.2) is 65.0 Å². The number of rotatable bonds is 6. The fourth-order valence-corrected chi connectivity index (χ4v) is 6.48. The second kappa shape index (κ2) is 8.97. The number of thiazole rings is 1. The molecule has 0 radical (unpaired) electrons. The molecular formula is C22H22FN3O4S2. The Morgan fingerprint density at radius 2 is 2.06 bits per heavy atom. The van der Waals surface area contributed by atoms with E-state index in [0.717, 1.165) is 5.52 Å². The summed E-state index contributed by atoms with van der Waals surface area (Å²) in [5.41, 5.74) is 0.733. The highest BCUT2D eigenvalue weighted by Crippen LogP contribution is 2.28. The molecule has 1 amide bonds. The number of benzene rings is 2. The van der Waals surface area contributed by atoms with Gasteiger partial charge in [0.15, 0.2) is 4.80 Å². The number of allylic oxidation sites excluding steroid dienone is 1. The zero-order valence-electron chi connectivity index (χ0n) is 17.4. The normalized spacial score (nSPS) is 17.7. The summed E-state index contributed by atoms with van der Waals surface area (Å²) in [5, 5.41) is 0. The molecule has 1 atom stereocenters. The average Bonchev–Trinajstić information content (AvgIpc) is 3.40. The maximum atomic E-state index is 13.7. The van der Waals surface area contributed by atoms with Crippen LogP contribution in [0, 0.1) is 5.82 Å². The fourth-order valence-electron chi connectivity index (χ4n) is 3.76. The molecular weight excluding hydrogens is 453 g/mol. The summed E-state index contributed by atoms with van der Waals surface area (Å²) in [6.45, 7) is 4.36. The Morgan fingerprint density at radius 3 is 2.75 bits per heavy atom. The van der Waals surface area contributed by atoms with Crippen LogP contribution in [0.3, 0.4) is 0 Å². The molecule has 7 nitrogen and oxygen atoms in total. The molecule has 1 aliphatic rings. The molecule has 4 rings (SSSR count). The molecule has 10 heteroatoms. The van der Waals surface area contributed by atoms with Crippen molar-refractivity contribution in [3.05, 3.63) is 65.7 Å². The number of carbonyl (C=O) groups excluding carboxylic acids is 1. The first-order valence-electron chi connectivity index (χ1n) is 9.99. The number of aromatic nitrogens is 1. The smallest absolute Gasteiger partial charge is 0.266 e. The molecule has 1 aliphatic heterocycles. The van der Waals surface area contributed by atoms with Crippen molar-refractivity contribution in [1.82, 2.24) is 8.87 Å². The second-order valence-electron chi connectivity index (χ2n) is 7.30. The van der Waals surface area contributed by atoms with Crippen LogP contribution in [-0.2, 0) is 21.4 Å². The van der Waals surface area contributed by atoms with Crippen LogP contribution < -0.4 is 9.54 Å². The van der Waals surface area contributed by atoms with Crippen molar-refractivity contribution in [2.24, 2.45) is 4.99 Å². The van der Waals surface area contributed by atoms with Gasteiger partial charge < -0.3 is 9.30 Å². The largest absolute Gasteiger partial charge is 0.497 e. The van der Waals surface area contributed by atoms with Crippen molar-refractivity contribution < 1.29 is 22.3 Å². The number of sulfonamides is 1. The average molecular weight is 476 g/mol. The van der Waals surface area contributed by atoms with Gasteiger partial charge in [-0.3, -0.25) is 4.79 Å². The Morgan fingerprint density at radius 1 is 1.31 bits per heavy atom. The Bertz CT molecular complexity index is 1340. The number of nitrogens with zero attached hydrogens (tertiary/aromatic N) is 3. The zero-order valence-corrected chi connectivity index (χ0v) is 19.0. The highest BCUT2D eigenvalue weighted by molar-refractivity contribution is 7.89. The van der Waals surface area contributed by atoms with Gasteiger partial charge in [-0.2, -0.15) is 9.30 Å². The maximum Gasteiger partial charge on any atom is 0.266 e. The minimum atomic E-state index is -3.87. The Kier molecular flexibility index (Phi) is 6.27. The molecule has 1 unspecified atom stereocenters. The van der Waals surface area contributed by atoms with E-state index < -0.39 is 22.0 Å². The SMILES string of the molecule is C=CCn1c(=NC(=O)C2CCCN2S(=O)(=O)c2ccc(OC)cc2)sc2cc(F)ccc21. The maximum absolute atomic E-state index is 13.7. The zero-order chi connectivity index (χ0) is 22.9. The van der Waals surface area contributed by atoms with E-state index in [-0.39, 0.29) is 17.3 Å². The summed E-state index contributed by atoms with van der Waals surface area (Å²) >= 11 is 1.18. The van der Waals surface area contributed by atoms with E-state index in [0.29, 0.717) is 34.6 Å². The molecule has 1 aromatic heterocycles. The van der Waals surface area contributed by atoms with E-state index in [4.69, 9.17) is 4.74 Å². The predicted molar refractivity (Wildman–Crippen MR) is 120 cm³/mol. The summed E-state index contributed by atoms with van der Waals surface area (Å²) in [6.07, 6.45) is 2.61. The van der Waals surface area contributed by atoms with Gasteiger partial charge in [0.25, 0.3) is 5.91 Å².